The van der Waals surface area contributed by atoms with E-state index in [1.54, 1.807) is 32.9 Å². The van der Waals surface area contributed by atoms with E-state index in [0.29, 0.717) is 5.56 Å². The van der Waals surface area contributed by atoms with E-state index in [9.17, 15) is 15.0 Å². The van der Waals surface area contributed by atoms with Crippen molar-refractivity contribution in [2.45, 2.75) is 26.4 Å². The molecular formula is C17H18O3. The van der Waals surface area contributed by atoms with Gasteiger partial charge in [-0.05, 0) is 48.7 Å². The van der Waals surface area contributed by atoms with Crippen molar-refractivity contribution in [3.8, 4) is 0 Å². The summed E-state index contributed by atoms with van der Waals surface area (Å²) >= 11 is 0. The number of hydrogen-bond donors (Lipinski definition) is 2. The van der Waals surface area contributed by atoms with Gasteiger partial charge in [0.15, 0.2) is 0 Å². The predicted molar refractivity (Wildman–Crippen MR) is 80.5 cm³/mol. The molecule has 0 radical (unpaired) electrons. The number of rotatable bonds is 3. The Labute approximate surface area is 118 Å². The molecule has 2 aromatic carbocycles. The lowest BCUT2D eigenvalue weighted by atomic mass is 9.92. The summed E-state index contributed by atoms with van der Waals surface area (Å²) in [5, 5.41) is 21.2. The number of benzene rings is 2. The van der Waals surface area contributed by atoms with Gasteiger partial charge in [0, 0.05) is 0 Å². The monoisotopic (exact) mass is 270 g/mol. The first-order valence-corrected chi connectivity index (χ1v) is 6.50. The van der Waals surface area contributed by atoms with Gasteiger partial charge >= 0.3 is 5.97 Å². The zero-order valence-corrected chi connectivity index (χ0v) is 11.8. The molecular weight excluding hydrogens is 252 g/mol. The second kappa shape index (κ2) is 5.10. The Kier molecular flexibility index (Phi) is 3.64. The molecule has 2 rings (SSSR count). The fourth-order valence-electron chi connectivity index (χ4n) is 2.28. The molecule has 0 aliphatic rings. The van der Waals surface area contributed by atoms with Gasteiger partial charge in [0.05, 0.1) is 11.2 Å². The van der Waals surface area contributed by atoms with E-state index in [1.807, 2.05) is 30.3 Å². The summed E-state index contributed by atoms with van der Waals surface area (Å²) in [5.74, 6) is -0.950. The SMILES string of the molecule is C/C=C(/C(=O)O)c1cccc2ccc(C(C)(C)O)cc12. The highest BCUT2D eigenvalue weighted by Crippen LogP contribution is 2.29. The van der Waals surface area contributed by atoms with E-state index >= 15 is 0 Å². The third-order valence-electron chi connectivity index (χ3n) is 3.40. The quantitative estimate of drug-likeness (QED) is 0.838. The molecule has 0 unspecified atom stereocenters. The average Bonchev–Trinajstić information content (AvgIpc) is 2.37. The molecule has 20 heavy (non-hydrogen) atoms. The first-order chi connectivity index (χ1) is 9.34. The van der Waals surface area contributed by atoms with Crippen molar-refractivity contribution in [1.82, 2.24) is 0 Å². The van der Waals surface area contributed by atoms with Crippen LogP contribution >= 0.6 is 0 Å². The van der Waals surface area contributed by atoms with Gasteiger partial charge in [0.2, 0.25) is 0 Å². The number of aliphatic carboxylic acids is 1. The van der Waals surface area contributed by atoms with Gasteiger partial charge in [-0.25, -0.2) is 4.79 Å². The van der Waals surface area contributed by atoms with Crippen LogP contribution in [0.3, 0.4) is 0 Å². The van der Waals surface area contributed by atoms with E-state index in [4.69, 9.17) is 0 Å². The predicted octanol–water partition coefficient (Wildman–Crippen LogP) is 3.56. The molecule has 0 saturated carbocycles. The summed E-state index contributed by atoms with van der Waals surface area (Å²) in [7, 11) is 0. The average molecular weight is 270 g/mol. The van der Waals surface area contributed by atoms with Crippen LogP contribution in [0.2, 0.25) is 0 Å². The lowest BCUT2D eigenvalue weighted by molar-refractivity contribution is -0.130. The van der Waals surface area contributed by atoms with Gasteiger partial charge in [-0.1, -0.05) is 36.4 Å². The molecule has 0 bridgehead atoms. The third-order valence-corrected chi connectivity index (χ3v) is 3.40. The van der Waals surface area contributed by atoms with Crippen molar-refractivity contribution < 1.29 is 15.0 Å². The Morgan fingerprint density at radius 2 is 1.90 bits per heavy atom. The number of aliphatic hydroxyl groups is 1. The van der Waals surface area contributed by atoms with Crippen LogP contribution in [0.4, 0.5) is 0 Å². The first-order valence-electron chi connectivity index (χ1n) is 6.50. The lowest BCUT2D eigenvalue weighted by Crippen LogP contribution is -2.15. The largest absolute Gasteiger partial charge is 0.478 e. The maximum absolute atomic E-state index is 11.3. The number of allylic oxidation sites excluding steroid dienone is 1. The molecule has 0 fully saturated rings. The lowest BCUT2D eigenvalue weighted by Gasteiger charge is -2.19. The minimum Gasteiger partial charge on any atom is -0.478 e. The van der Waals surface area contributed by atoms with Crippen molar-refractivity contribution in [1.29, 1.82) is 0 Å². The summed E-state index contributed by atoms with van der Waals surface area (Å²) in [6, 6.07) is 11.2. The zero-order chi connectivity index (χ0) is 14.9. The molecule has 0 saturated heterocycles. The van der Waals surface area contributed by atoms with Gasteiger partial charge in [-0.3, -0.25) is 0 Å². The summed E-state index contributed by atoms with van der Waals surface area (Å²) in [6.07, 6.45) is 1.59. The second-order valence-corrected chi connectivity index (χ2v) is 5.31. The molecule has 0 aliphatic heterocycles. The fraction of sp³-hybridized carbons (Fsp3) is 0.235. The number of carbonyl (C=O) groups is 1. The molecule has 0 amide bonds. The van der Waals surface area contributed by atoms with Crippen LogP contribution in [0, 0.1) is 0 Å². The molecule has 0 aromatic heterocycles. The molecule has 3 heteroatoms. The molecule has 0 aliphatic carbocycles. The minimum atomic E-state index is -0.958. The van der Waals surface area contributed by atoms with E-state index < -0.39 is 11.6 Å². The van der Waals surface area contributed by atoms with Gasteiger partial charge in [-0.2, -0.15) is 0 Å². The molecule has 0 heterocycles. The van der Waals surface area contributed by atoms with Gasteiger partial charge in [0.25, 0.3) is 0 Å². The Bertz CT molecular complexity index is 691. The molecule has 2 aromatic rings. The van der Waals surface area contributed by atoms with Gasteiger partial charge < -0.3 is 10.2 Å². The van der Waals surface area contributed by atoms with E-state index in [-0.39, 0.29) is 5.57 Å². The summed E-state index contributed by atoms with van der Waals surface area (Å²) in [6.45, 7) is 5.14. The fourth-order valence-corrected chi connectivity index (χ4v) is 2.28. The maximum atomic E-state index is 11.3. The van der Waals surface area contributed by atoms with Gasteiger partial charge in [0.1, 0.15) is 0 Å². The van der Waals surface area contributed by atoms with Crippen molar-refractivity contribution in [3.63, 3.8) is 0 Å². The Morgan fingerprint density at radius 1 is 1.20 bits per heavy atom. The number of carboxylic acid groups (broad SMARTS) is 1. The van der Waals surface area contributed by atoms with Gasteiger partial charge in [-0.15, -0.1) is 0 Å². The summed E-state index contributed by atoms with van der Waals surface area (Å²) < 4.78 is 0. The van der Waals surface area contributed by atoms with Crippen LogP contribution in [-0.2, 0) is 10.4 Å². The molecule has 104 valence electrons. The highest BCUT2D eigenvalue weighted by molar-refractivity contribution is 6.19. The van der Waals surface area contributed by atoms with Crippen molar-refractivity contribution in [2.75, 3.05) is 0 Å². The van der Waals surface area contributed by atoms with Crippen LogP contribution in [0.25, 0.3) is 16.3 Å². The Balaban J connectivity index is 2.76. The van der Waals surface area contributed by atoms with Crippen LogP contribution in [0.15, 0.2) is 42.5 Å². The normalized spacial score (nSPS) is 12.7. The van der Waals surface area contributed by atoms with Crippen LogP contribution < -0.4 is 0 Å². The van der Waals surface area contributed by atoms with E-state index in [0.717, 1.165) is 16.3 Å². The standard InChI is InChI=1S/C17H18O3/c1-4-13(16(18)19)14-7-5-6-11-8-9-12(10-15(11)14)17(2,3)20/h4-10,20H,1-3H3,(H,18,19)/b13-4+. The smallest absolute Gasteiger partial charge is 0.335 e. The summed E-state index contributed by atoms with van der Waals surface area (Å²) in [5.41, 5.74) is 0.742. The summed E-state index contributed by atoms with van der Waals surface area (Å²) in [4.78, 5) is 11.3. The molecule has 2 N–H and O–H groups in total. The zero-order valence-electron chi connectivity index (χ0n) is 11.8. The van der Waals surface area contributed by atoms with Crippen LogP contribution in [0.1, 0.15) is 31.9 Å². The topological polar surface area (TPSA) is 57.5 Å². The first kappa shape index (κ1) is 14.3. The molecule has 3 nitrogen and oxygen atoms in total. The molecule has 0 spiro atoms. The van der Waals surface area contributed by atoms with Crippen molar-refractivity contribution in [2.24, 2.45) is 0 Å². The Morgan fingerprint density at radius 3 is 2.45 bits per heavy atom. The molecule has 0 atom stereocenters. The second-order valence-electron chi connectivity index (χ2n) is 5.31. The van der Waals surface area contributed by atoms with Crippen molar-refractivity contribution in [3.05, 3.63) is 53.6 Å². The number of carboxylic acids is 1. The number of fused-ring (bicyclic) bond motifs is 1. The Hall–Kier alpha value is -2.13. The third kappa shape index (κ3) is 2.58. The van der Waals surface area contributed by atoms with E-state index in [1.165, 1.54) is 0 Å². The minimum absolute atomic E-state index is 0.267. The van der Waals surface area contributed by atoms with Crippen molar-refractivity contribution >= 4 is 22.3 Å². The maximum Gasteiger partial charge on any atom is 0.335 e. The highest BCUT2D eigenvalue weighted by atomic mass is 16.4. The van der Waals surface area contributed by atoms with E-state index in [2.05, 4.69) is 0 Å². The highest BCUT2D eigenvalue weighted by Gasteiger charge is 2.18. The number of hydrogen-bond acceptors (Lipinski definition) is 2. The van der Waals surface area contributed by atoms with Crippen LogP contribution in [0.5, 0.6) is 0 Å². The van der Waals surface area contributed by atoms with Crippen LogP contribution in [-0.4, -0.2) is 16.2 Å².